The van der Waals surface area contributed by atoms with E-state index in [2.05, 4.69) is 5.32 Å². The molecule has 2 N–H and O–H groups in total. The van der Waals surface area contributed by atoms with Crippen LogP contribution in [0.2, 0.25) is 10.0 Å². The fraction of sp³-hybridized carbons (Fsp3) is 0.471. The molecule has 8 heteroatoms. The van der Waals surface area contributed by atoms with E-state index in [1.807, 2.05) is 0 Å². The van der Waals surface area contributed by atoms with Crippen molar-refractivity contribution in [2.45, 2.75) is 33.2 Å². The van der Waals surface area contributed by atoms with E-state index in [1.165, 1.54) is 18.7 Å². The Balaban J connectivity index is 2.86. The highest BCUT2D eigenvalue weighted by Gasteiger charge is 2.29. The number of carbonyl (C=O) groups is 3. The number of nitrogens with zero attached hydrogens (tertiary/aromatic N) is 1. The number of aliphatic carboxylic acids is 1. The van der Waals surface area contributed by atoms with Crippen LogP contribution in [-0.2, 0) is 20.8 Å². The monoisotopic (exact) mass is 388 g/mol. The van der Waals surface area contributed by atoms with E-state index in [4.69, 9.17) is 23.2 Å². The van der Waals surface area contributed by atoms with Gasteiger partial charge in [0.05, 0.1) is 0 Å². The quantitative estimate of drug-likeness (QED) is 0.716. The normalized spacial score (nSPS) is 13.0. The predicted octanol–water partition coefficient (Wildman–Crippen LogP) is 2.61. The van der Waals surface area contributed by atoms with Gasteiger partial charge in [0, 0.05) is 36.0 Å². The van der Waals surface area contributed by atoms with Gasteiger partial charge in [-0.15, -0.1) is 0 Å². The molecule has 0 fully saturated rings. The third-order valence-electron chi connectivity index (χ3n) is 3.80. The fourth-order valence-corrected chi connectivity index (χ4v) is 2.85. The zero-order chi connectivity index (χ0) is 19.1. The van der Waals surface area contributed by atoms with Crippen LogP contribution in [0.3, 0.4) is 0 Å². The molecule has 0 saturated heterocycles. The Morgan fingerprint density at radius 1 is 1.24 bits per heavy atom. The number of carboxylic acid groups (broad SMARTS) is 1. The standard InChI is InChI=1S/C17H22Cl2N2O4/c1-10(8-13-4-5-14(18)9-15(13)19)16(23)21(11(2)17(24)25)7-6-20-12(3)22/h4-5,9-11H,6-8H2,1-3H3,(H,20,22)(H,24,25). The highest BCUT2D eigenvalue weighted by molar-refractivity contribution is 6.35. The molecular weight excluding hydrogens is 367 g/mol. The van der Waals surface area contributed by atoms with Gasteiger partial charge in [0.15, 0.2) is 0 Å². The van der Waals surface area contributed by atoms with Crippen molar-refractivity contribution in [1.82, 2.24) is 10.2 Å². The Hall–Kier alpha value is -1.79. The van der Waals surface area contributed by atoms with Crippen LogP contribution in [0.25, 0.3) is 0 Å². The number of nitrogens with one attached hydrogen (secondary N) is 1. The largest absolute Gasteiger partial charge is 0.480 e. The summed E-state index contributed by atoms with van der Waals surface area (Å²) in [7, 11) is 0. The molecule has 25 heavy (non-hydrogen) atoms. The van der Waals surface area contributed by atoms with Gasteiger partial charge in [-0.2, -0.15) is 0 Å². The second kappa shape index (κ2) is 9.63. The van der Waals surface area contributed by atoms with E-state index < -0.39 is 17.9 Å². The molecule has 0 bridgehead atoms. The number of halogens is 2. The summed E-state index contributed by atoms with van der Waals surface area (Å²) in [4.78, 5) is 36.3. The van der Waals surface area contributed by atoms with Crippen LogP contribution >= 0.6 is 23.2 Å². The summed E-state index contributed by atoms with van der Waals surface area (Å²) in [5, 5.41) is 12.8. The number of rotatable bonds is 8. The summed E-state index contributed by atoms with van der Waals surface area (Å²) in [6.07, 6.45) is 0.359. The van der Waals surface area contributed by atoms with Crippen molar-refractivity contribution in [1.29, 1.82) is 0 Å². The first-order chi connectivity index (χ1) is 11.6. The molecule has 0 aromatic heterocycles. The van der Waals surface area contributed by atoms with Gasteiger partial charge in [0.1, 0.15) is 6.04 Å². The molecule has 0 saturated carbocycles. The highest BCUT2D eigenvalue weighted by atomic mass is 35.5. The molecule has 0 radical (unpaired) electrons. The van der Waals surface area contributed by atoms with Gasteiger partial charge in [-0.25, -0.2) is 4.79 Å². The molecular formula is C17H22Cl2N2O4. The summed E-state index contributed by atoms with van der Waals surface area (Å²) < 4.78 is 0. The Morgan fingerprint density at radius 2 is 1.88 bits per heavy atom. The zero-order valence-electron chi connectivity index (χ0n) is 14.4. The Bertz CT molecular complexity index is 652. The maximum atomic E-state index is 12.7. The maximum Gasteiger partial charge on any atom is 0.326 e. The maximum absolute atomic E-state index is 12.7. The van der Waals surface area contributed by atoms with Crippen LogP contribution in [0, 0.1) is 5.92 Å². The van der Waals surface area contributed by atoms with Crippen molar-refractivity contribution < 1.29 is 19.5 Å². The zero-order valence-corrected chi connectivity index (χ0v) is 15.9. The summed E-state index contributed by atoms with van der Waals surface area (Å²) in [6, 6.07) is 4.04. The van der Waals surface area contributed by atoms with Crippen molar-refractivity contribution in [2.24, 2.45) is 5.92 Å². The molecule has 138 valence electrons. The molecule has 0 heterocycles. The van der Waals surface area contributed by atoms with Gasteiger partial charge in [-0.1, -0.05) is 36.2 Å². The molecule has 2 amide bonds. The summed E-state index contributed by atoms with van der Waals surface area (Å²) >= 11 is 12.0. The van der Waals surface area contributed by atoms with E-state index in [0.717, 1.165) is 5.56 Å². The SMILES string of the molecule is CC(=O)NCCN(C(=O)C(C)Cc1ccc(Cl)cc1Cl)C(C)C(=O)O. The van der Waals surface area contributed by atoms with Gasteiger partial charge in [-0.05, 0) is 31.0 Å². The highest BCUT2D eigenvalue weighted by Crippen LogP contribution is 2.24. The molecule has 0 aliphatic rings. The number of hydrogen-bond acceptors (Lipinski definition) is 3. The lowest BCUT2D eigenvalue weighted by Crippen LogP contribution is -2.48. The molecule has 6 nitrogen and oxygen atoms in total. The second-order valence-corrected chi connectivity index (χ2v) is 6.71. The molecule has 0 spiro atoms. The average Bonchev–Trinajstić information content (AvgIpc) is 2.52. The first-order valence-corrected chi connectivity index (χ1v) is 8.60. The third-order valence-corrected chi connectivity index (χ3v) is 4.38. The molecule has 0 aliphatic carbocycles. The molecule has 0 aliphatic heterocycles. The van der Waals surface area contributed by atoms with Crippen LogP contribution in [0.5, 0.6) is 0 Å². The van der Waals surface area contributed by atoms with E-state index in [1.54, 1.807) is 25.1 Å². The Morgan fingerprint density at radius 3 is 2.40 bits per heavy atom. The lowest BCUT2D eigenvalue weighted by molar-refractivity contribution is -0.151. The van der Waals surface area contributed by atoms with Crippen LogP contribution in [0.1, 0.15) is 26.3 Å². The van der Waals surface area contributed by atoms with Gasteiger partial charge in [0.25, 0.3) is 0 Å². The van der Waals surface area contributed by atoms with Crippen LogP contribution in [-0.4, -0.2) is 46.9 Å². The number of benzene rings is 1. The van der Waals surface area contributed by atoms with Crippen LogP contribution < -0.4 is 5.32 Å². The lowest BCUT2D eigenvalue weighted by Gasteiger charge is -2.29. The van der Waals surface area contributed by atoms with E-state index in [9.17, 15) is 19.5 Å². The van der Waals surface area contributed by atoms with Crippen molar-refractivity contribution in [3.8, 4) is 0 Å². The van der Waals surface area contributed by atoms with Gasteiger partial charge >= 0.3 is 5.97 Å². The fourth-order valence-electron chi connectivity index (χ4n) is 2.37. The molecule has 1 aromatic carbocycles. The number of carbonyl (C=O) groups excluding carboxylic acids is 2. The minimum atomic E-state index is -1.10. The molecule has 1 aromatic rings. The van der Waals surface area contributed by atoms with Gasteiger partial charge in [-0.3, -0.25) is 9.59 Å². The van der Waals surface area contributed by atoms with Crippen LogP contribution in [0.15, 0.2) is 18.2 Å². The van der Waals surface area contributed by atoms with Crippen molar-refractivity contribution in [3.05, 3.63) is 33.8 Å². The Labute approximate surface area is 157 Å². The first kappa shape index (κ1) is 21.3. The van der Waals surface area contributed by atoms with Crippen molar-refractivity contribution in [2.75, 3.05) is 13.1 Å². The number of carboxylic acids is 1. The van der Waals surface area contributed by atoms with Gasteiger partial charge < -0.3 is 15.3 Å². The molecule has 2 unspecified atom stereocenters. The minimum Gasteiger partial charge on any atom is -0.480 e. The lowest BCUT2D eigenvalue weighted by atomic mass is 9.99. The summed E-state index contributed by atoms with van der Waals surface area (Å²) in [6.45, 7) is 4.82. The summed E-state index contributed by atoms with van der Waals surface area (Å²) in [5.74, 6) is -2.13. The molecule has 2 atom stereocenters. The minimum absolute atomic E-state index is 0.116. The van der Waals surface area contributed by atoms with Crippen molar-refractivity contribution >= 4 is 41.0 Å². The second-order valence-electron chi connectivity index (χ2n) is 5.87. The van der Waals surface area contributed by atoms with E-state index in [-0.39, 0.29) is 24.9 Å². The smallest absolute Gasteiger partial charge is 0.326 e. The number of hydrogen-bond donors (Lipinski definition) is 2. The average molecular weight is 389 g/mol. The predicted molar refractivity (Wildman–Crippen MR) is 96.8 cm³/mol. The van der Waals surface area contributed by atoms with E-state index >= 15 is 0 Å². The first-order valence-electron chi connectivity index (χ1n) is 7.85. The van der Waals surface area contributed by atoms with Crippen molar-refractivity contribution in [3.63, 3.8) is 0 Å². The van der Waals surface area contributed by atoms with Gasteiger partial charge in [0.2, 0.25) is 11.8 Å². The molecule has 1 rings (SSSR count). The van der Waals surface area contributed by atoms with Crippen LogP contribution in [0.4, 0.5) is 0 Å². The topological polar surface area (TPSA) is 86.7 Å². The third kappa shape index (κ3) is 6.55. The Kier molecular flexibility index (Phi) is 8.19. The number of amides is 2. The summed E-state index contributed by atoms with van der Waals surface area (Å²) in [5.41, 5.74) is 0.761. The van der Waals surface area contributed by atoms with E-state index in [0.29, 0.717) is 16.5 Å².